The minimum atomic E-state index is -0.351. The van der Waals surface area contributed by atoms with Crippen LogP contribution < -0.4 is 15.4 Å². The maximum Gasteiger partial charge on any atom is 0.255 e. The second-order valence-corrected chi connectivity index (χ2v) is 7.10. The van der Waals surface area contributed by atoms with Gasteiger partial charge in [-0.15, -0.1) is 11.8 Å². The smallest absolute Gasteiger partial charge is 0.255 e. The van der Waals surface area contributed by atoms with Gasteiger partial charge in [0.05, 0.1) is 12.9 Å². The number of rotatable bonds is 7. The first-order valence-corrected chi connectivity index (χ1v) is 9.76. The van der Waals surface area contributed by atoms with Crippen LogP contribution in [0.2, 0.25) is 0 Å². The largest absolute Gasteiger partial charge is 0.497 e. The molecule has 2 amide bonds. The van der Waals surface area contributed by atoms with E-state index in [0.29, 0.717) is 22.7 Å². The number of carbonyl (C=O) groups is 2. The summed E-state index contributed by atoms with van der Waals surface area (Å²) < 4.78 is 18.0. The van der Waals surface area contributed by atoms with E-state index < -0.39 is 0 Å². The van der Waals surface area contributed by atoms with E-state index in [-0.39, 0.29) is 23.4 Å². The number of hydrogen-bond acceptors (Lipinski definition) is 4. The summed E-state index contributed by atoms with van der Waals surface area (Å²) in [5, 5.41) is 5.54. The first-order valence-electron chi connectivity index (χ1n) is 8.77. The molecular weight excluding hydrogens is 391 g/mol. The molecule has 0 radical (unpaired) electrons. The minimum absolute atomic E-state index is 0.183. The van der Waals surface area contributed by atoms with Gasteiger partial charge in [0.15, 0.2) is 0 Å². The number of hydrogen-bond donors (Lipinski definition) is 2. The first-order chi connectivity index (χ1) is 14.0. The van der Waals surface area contributed by atoms with Crippen LogP contribution >= 0.6 is 11.8 Å². The molecule has 0 aromatic heterocycles. The van der Waals surface area contributed by atoms with Gasteiger partial charge in [0.25, 0.3) is 5.91 Å². The van der Waals surface area contributed by atoms with Gasteiger partial charge in [0.1, 0.15) is 11.6 Å². The molecule has 0 atom stereocenters. The molecule has 3 rings (SSSR count). The highest BCUT2D eigenvalue weighted by atomic mass is 32.2. The number of amides is 2. The Labute approximate surface area is 172 Å². The Morgan fingerprint density at radius 1 is 0.931 bits per heavy atom. The van der Waals surface area contributed by atoms with Crippen molar-refractivity contribution in [3.63, 3.8) is 0 Å². The highest BCUT2D eigenvalue weighted by Gasteiger charge is 2.08. The van der Waals surface area contributed by atoms with Crippen LogP contribution in [0.1, 0.15) is 10.4 Å². The summed E-state index contributed by atoms with van der Waals surface area (Å²) in [4.78, 5) is 25.2. The summed E-state index contributed by atoms with van der Waals surface area (Å²) in [6.45, 7) is 0. The standard InChI is InChI=1S/C22H19FN2O3S/c1-28-19-4-2-3-15(13-19)22(27)25-18-9-11-20(12-10-18)29-14-21(26)24-17-7-5-16(23)6-8-17/h2-13H,14H2,1H3,(H,24,26)(H,25,27). The zero-order chi connectivity index (χ0) is 20.6. The normalized spacial score (nSPS) is 10.3. The summed E-state index contributed by atoms with van der Waals surface area (Å²) in [7, 11) is 1.55. The molecule has 0 aliphatic rings. The predicted octanol–water partition coefficient (Wildman–Crippen LogP) is 4.82. The topological polar surface area (TPSA) is 67.4 Å². The van der Waals surface area contributed by atoms with E-state index in [0.717, 1.165) is 4.90 Å². The second kappa shape index (κ2) is 9.75. The lowest BCUT2D eigenvalue weighted by atomic mass is 10.2. The number of carbonyl (C=O) groups excluding carboxylic acids is 2. The minimum Gasteiger partial charge on any atom is -0.497 e. The lowest BCUT2D eigenvalue weighted by molar-refractivity contribution is -0.113. The van der Waals surface area contributed by atoms with Gasteiger partial charge in [-0.3, -0.25) is 9.59 Å². The van der Waals surface area contributed by atoms with Gasteiger partial charge in [-0.1, -0.05) is 6.07 Å². The molecule has 0 aliphatic heterocycles. The van der Waals surface area contributed by atoms with Crippen LogP contribution in [0.4, 0.5) is 15.8 Å². The zero-order valence-corrected chi connectivity index (χ0v) is 16.5. The Hall–Kier alpha value is -3.32. The van der Waals surface area contributed by atoms with Crippen molar-refractivity contribution in [1.82, 2.24) is 0 Å². The highest BCUT2D eigenvalue weighted by Crippen LogP contribution is 2.21. The summed E-state index contributed by atoms with van der Waals surface area (Å²) in [5.74, 6) is 0.0617. The van der Waals surface area contributed by atoms with Crippen molar-refractivity contribution in [2.75, 3.05) is 23.5 Å². The molecule has 0 unspecified atom stereocenters. The fourth-order valence-corrected chi connectivity index (χ4v) is 3.18. The van der Waals surface area contributed by atoms with Crippen molar-refractivity contribution in [3.05, 3.63) is 84.2 Å². The molecule has 0 fully saturated rings. The van der Waals surface area contributed by atoms with Gasteiger partial charge in [-0.2, -0.15) is 0 Å². The van der Waals surface area contributed by atoms with Gasteiger partial charge < -0.3 is 15.4 Å². The SMILES string of the molecule is COc1cccc(C(=O)Nc2ccc(SCC(=O)Nc3ccc(F)cc3)cc2)c1. The van der Waals surface area contributed by atoms with E-state index in [9.17, 15) is 14.0 Å². The maximum atomic E-state index is 12.9. The Morgan fingerprint density at radius 2 is 1.59 bits per heavy atom. The summed E-state index contributed by atoms with van der Waals surface area (Å²) >= 11 is 1.36. The molecule has 3 aromatic carbocycles. The molecule has 5 nitrogen and oxygen atoms in total. The van der Waals surface area contributed by atoms with Gasteiger partial charge >= 0.3 is 0 Å². The molecule has 0 heterocycles. The highest BCUT2D eigenvalue weighted by molar-refractivity contribution is 8.00. The van der Waals surface area contributed by atoms with Crippen molar-refractivity contribution in [1.29, 1.82) is 0 Å². The van der Waals surface area contributed by atoms with Crippen molar-refractivity contribution in [3.8, 4) is 5.75 Å². The average molecular weight is 410 g/mol. The Bertz CT molecular complexity index is 992. The number of benzene rings is 3. The van der Waals surface area contributed by atoms with Crippen LogP contribution in [0.15, 0.2) is 77.7 Å². The predicted molar refractivity (Wildman–Crippen MR) is 113 cm³/mol. The van der Waals surface area contributed by atoms with Gasteiger partial charge in [0.2, 0.25) is 5.91 Å². The average Bonchev–Trinajstić information content (AvgIpc) is 2.75. The van der Waals surface area contributed by atoms with Crippen LogP contribution in [0.25, 0.3) is 0 Å². The van der Waals surface area contributed by atoms with E-state index in [2.05, 4.69) is 10.6 Å². The molecule has 0 bridgehead atoms. The molecule has 0 spiro atoms. The van der Waals surface area contributed by atoms with Crippen LogP contribution in [0.5, 0.6) is 5.75 Å². The number of thioether (sulfide) groups is 1. The number of ether oxygens (including phenoxy) is 1. The van der Waals surface area contributed by atoms with Gasteiger partial charge in [-0.05, 0) is 66.7 Å². The molecular formula is C22H19FN2O3S. The van der Waals surface area contributed by atoms with Crippen molar-refractivity contribution < 1.29 is 18.7 Å². The first kappa shape index (κ1) is 20.4. The van der Waals surface area contributed by atoms with E-state index in [4.69, 9.17) is 4.74 Å². The Balaban J connectivity index is 1.51. The lowest BCUT2D eigenvalue weighted by Crippen LogP contribution is -2.14. The van der Waals surface area contributed by atoms with Crippen LogP contribution in [-0.2, 0) is 4.79 Å². The second-order valence-electron chi connectivity index (χ2n) is 6.05. The molecule has 29 heavy (non-hydrogen) atoms. The van der Waals surface area contributed by atoms with Gasteiger partial charge in [-0.25, -0.2) is 4.39 Å². The van der Waals surface area contributed by atoms with Crippen LogP contribution in [0.3, 0.4) is 0 Å². The summed E-state index contributed by atoms with van der Waals surface area (Å²) in [6, 6.07) is 19.7. The van der Waals surface area contributed by atoms with Gasteiger partial charge in [0, 0.05) is 21.8 Å². The summed E-state index contributed by atoms with van der Waals surface area (Å²) in [6.07, 6.45) is 0. The van der Waals surface area contributed by atoms with Crippen molar-refractivity contribution >= 4 is 35.0 Å². The van der Waals surface area contributed by atoms with Crippen LogP contribution in [-0.4, -0.2) is 24.7 Å². The van der Waals surface area contributed by atoms with Crippen LogP contribution in [0, 0.1) is 5.82 Å². The molecule has 3 aromatic rings. The van der Waals surface area contributed by atoms with E-state index in [1.165, 1.54) is 36.0 Å². The zero-order valence-electron chi connectivity index (χ0n) is 15.6. The fraction of sp³-hybridized carbons (Fsp3) is 0.0909. The quantitative estimate of drug-likeness (QED) is 0.548. The fourth-order valence-electron chi connectivity index (χ4n) is 2.48. The molecule has 0 aliphatic carbocycles. The molecule has 0 saturated heterocycles. The maximum absolute atomic E-state index is 12.9. The third-order valence-corrected chi connectivity index (χ3v) is 4.95. The van der Waals surface area contributed by atoms with E-state index in [1.54, 1.807) is 43.5 Å². The Morgan fingerprint density at radius 3 is 2.28 bits per heavy atom. The molecule has 7 heteroatoms. The molecule has 0 saturated carbocycles. The molecule has 2 N–H and O–H groups in total. The monoisotopic (exact) mass is 410 g/mol. The van der Waals surface area contributed by atoms with E-state index in [1.807, 2.05) is 12.1 Å². The number of halogens is 1. The lowest BCUT2D eigenvalue weighted by Gasteiger charge is -2.08. The summed E-state index contributed by atoms with van der Waals surface area (Å²) in [5.41, 5.74) is 1.70. The third-order valence-electron chi connectivity index (χ3n) is 3.94. The van der Waals surface area contributed by atoms with E-state index >= 15 is 0 Å². The third kappa shape index (κ3) is 6.08. The number of methoxy groups -OCH3 is 1. The number of anilines is 2. The van der Waals surface area contributed by atoms with Crippen molar-refractivity contribution in [2.45, 2.75) is 4.90 Å². The number of nitrogens with one attached hydrogen (secondary N) is 2. The Kier molecular flexibility index (Phi) is 6.86. The molecule has 148 valence electrons. The van der Waals surface area contributed by atoms with Crippen molar-refractivity contribution in [2.24, 2.45) is 0 Å².